The van der Waals surface area contributed by atoms with Crippen LogP contribution in [0.1, 0.15) is 5.69 Å². The summed E-state index contributed by atoms with van der Waals surface area (Å²) in [5, 5.41) is 3.05. The normalized spacial score (nSPS) is 10.4. The standard InChI is InChI=1S/C13H13Br2N3O/c1-7-11(15)13(16-2)18-12(17-7)9-6-8(14)4-5-10(9)19-3/h4-6H,1-3H3,(H,16,17,18). The number of hydrogen-bond acceptors (Lipinski definition) is 4. The molecule has 2 rings (SSSR count). The Hall–Kier alpha value is -1.14. The van der Waals surface area contributed by atoms with Crippen LogP contribution in [-0.4, -0.2) is 24.1 Å². The summed E-state index contributed by atoms with van der Waals surface area (Å²) in [6, 6.07) is 5.76. The second-order valence-electron chi connectivity index (χ2n) is 3.89. The Morgan fingerprint density at radius 1 is 1.21 bits per heavy atom. The molecule has 0 unspecified atom stereocenters. The molecule has 0 aliphatic carbocycles. The van der Waals surface area contributed by atoms with Gasteiger partial charge >= 0.3 is 0 Å². The first-order valence-corrected chi connectivity index (χ1v) is 7.21. The maximum Gasteiger partial charge on any atom is 0.165 e. The molecule has 0 aliphatic heterocycles. The number of anilines is 1. The molecule has 1 aromatic carbocycles. The minimum Gasteiger partial charge on any atom is -0.496 e. The van der Waals surface area contributed by atoms with Crippen LogP contribution in [0, 0.1) is 6.92 Å². The molecule has 0 spiro atoms. The zero-order chi connectivity index (χ0) is 14.0. The largest absolute Gasteiger partial charge is 0.496 e. The molecule has 1 aromatic heterocycles. The van der Waals surface area contributed by atoms with Crippen molar-refractivity contribution in [2.45, 2.75) is 6.92 Å². The van der Waals surface area contributed by atoms with Gasteiger partial charge in [0.2, 0.25) is 0 Å². The van der Waals surface area contributed by atoms with E-state index in [1.807, 2.05) is 32.2 Å². The Bertz CT molecular complexity index is 617. The molecule has 4 nitrogen and oxygen atoms in total. The molecule has 0 saturated heterocycles. The maximum atomic E-state index is 5.37. The van der Waals surface area contributed by atoms with E-state index in [2.05, 4.69) is 47.1 Å². The summed E-state index contributed by atoms with van der Waals surface area (Å²) in [7, 11) is 3.46. The van der Waals surface area contributed by atoms with Gasteiger partial charge in [0.1, 0.15) is 11.6 Å². The highest BCUT2D eigenvalue weighted by Gasteiger charge is 2.13. The van der Waals surface area contributed by atoms with Gasteiger partial charge in [0.25, 0.3) is 0 Å². The lowest BCUT2D eigenvalue weighted by Gasteiger charge is -2.11. The first-order valence-electron chi connectivity index (χ1n) is 5.62. The average Bonchev–Trinajstić information content (AvgIpc) is 2.41. The number of methoxy groups -OCH3 is 1. The molecule has 100 valence electrons. The van der Waals surface area contributed by atoms with E-state index in [0.717, 1.165) is 31.8 Å². The van der Waals surface area contributed by atoms with Crippen LogP contribution in [0.25, 0.3) is 11.4 Å². The SMILES string of the molecule is CNc1nc(-c2cc(Br)ccc2OC)nc(C)c1Br. The van der Waals surface area contributed by atoms with Crippen molar-refractivity contribution < 1.29 is 4.74 Å². The first-order chi connectivity index (χ1) is 9.06. The number of nitrogens with zero attached hydrogens (tertiary/aromatic N) is 2. The number of aromatic nitrogens is 2. The van der Waals surface area contributed by atoms with Gasteiger partial charge in [0.15, 0.2) is 5.82 Å². The second kappa shape index (κ2) is 5.88. The fourth-order valence-electron chi connectivity index (χ4n) is 1.70. The third kappa shape index (κ3) is 2.90. The molecule has 0 fully saturated rings. The molecular formula is C13H13Br2N3O. The van der Waals surface area contributed by atoms with Crippen LogP contribution in [0.4, 0.5) is 5.82 Å². The van der Waals surface area contributed by atoms with E-state index in [4.69, 9.17) is 4.74 Å². The summed E-state index contributed by atoms with van der Waals surface area (Å²) in [5.41, 5.74) is 1.72. The van der Waals surface area contributed by atoms with Crippen molar-refractivity contribution in [1.29, 1.82) is 0 Å². The molecular weight excluding hydrogens is 374 g/mol. The quantitative estimate of drug-likeness (QED) is 0.865. The number of halogens is 2. The van der Waals surface area contributed by atoms with Crippen LogP contribution in [0.5, 0.6) is 5.75 Å². The van der Waals surface area contributed by atoms with Crippen molar-refractivity contribution in [2.24, 2.45) is 0 Å². The molecule has 19 heavy (non-hydrogen) atoms. The van der Waals surface area contributed by atoms with Gasteiger partial charge in [-0.05, 0) is 41.1 Å². The molecule has 0 bridgehead atoms. The number of ether oxygens (including phenoxy) is 1. The molecule has 0 aliphatic rings. The third-order valence-electron chi connectivity index (χ3n) is 2.66. The Labute approximate surface area is 128 Å². The predicted octanol–water partition coefficient (Wildman–Crippen LogP) is 4.03. The van der Waals surface area contributed by atoms with Gasteiger partial charge in [-0.3, -0.25) is 0 Å². The average molecular weight is 387 g/mol. The zero-order valence-electron chi connectivity index (χ0n) is 10.8. The number of rotatable bonds is 3. The van der Waals surface area contributed by atoms with Crippen LogP contribution in [-0.2, 0) is 0 Å². The van der Waals surface area contributed by atoms with E-state index in [1.54, 1.807) is 7.11 Å². The number of benzene rings is 1. The minimum atomic E-state index is 0.628. The van der Waals surface area contributed by atoms with Gasteiger partial charge in [-0.2, -0.15) is 0 Å². The van der Waals surface area contributed by atoms with Crippen LogP contribution in [0.2, 0.25) is 0 Å². The fourth-order valence-corrected chi connectivity index (χ4v) is 2.44. The molecule has 0 atom stereocenters. The van der Waals surface area contributed by atoms with Crippen molar-refractivity contribution in [3.63, 3.8) is 0 Å². The van der Waals surface area contributed by atoms with Gasteiger partial charge in [-0.15, -0.1) is 0 Å². The molecule has 6 heteroatoms. The Morgan fingerprint density at radius 3 is 2.58 bits per heavy atom. The van der Waals surface area contributed by atoms with Crippen molar-refractivity contribution >= 4 is 37.7 Å². The smallest absolute Gasteiger partial charge is 0.165 e. The molecule has 1 heterocycles. The van der Waals surface area contributed by atoms with Crippen LogP contribution < -0.4 is 10.1 Å². The summed E-state index contributed by atoms with van der Waals surface area (Å²) >= 11 is 6.92. The van der Waals surface area contributed by atoms with Crippen LogP contribution in [0.3, 0.4) is 0 Å². The second-order valence-corrected chi connectivity index (χ2v) is 5.60. The minimum absolute atomic E-state index is 0.628. The summed E-state index contributed by atoms with van der Waals surface area (Å²) < 4.78 is 7.19. The summed E-state index contributed by atoms with van der Waals surface area (Å²) in [6.45, 7) is 1.93. The summed E-state index contributed by atoms with van der Waals surface area (Å²) in [6.07, 6.45) is 0. The third-order valence-corrected chi connectivity index (χ3v) is 4.10. The molecule has 2 aromatic rings. The fraction of sp³-hybridized carbons (Fsp3) is 0.231. The lowest BCUT2D eigenvalue weighted by Crippen LogP contribution is -2.01. The van der Waals surface area contributed by atoms with Gasteiger partial charge in [-0.1, -0.05) is 15.9 Å². The molecule has 0 amide bonds. The van der Waals surface area contributed by atoms with Gasteiger partial charge in [0.05, 0.1) is 22.8 Å². The number of hydrogen-bond donors (Lipinski definition) is 1. The van der Waals surface area contributed by atoms with E-state index < -0.39 is 0 Å². The Kier molecular flexibility index (Phi) is 4.42. The lowest BCUT2D eigenvalue weighted by atomic mass is 10.2. The van der Waals surface area contributed by atoms with E-state index >= 15 is 0 Å². The highest BCUT2D eigenvalue weighted by atomic mass is 79.9. The van der Waals surface area contributed by atoms with E-state index in [0.29, 0.717) is 5.82 Å². The topological polar surface area (TPSA) is 47.0 Å². The van der Waals surface area contributed by atoms with Gasteiger partial charge < -0.3 is 10.1 Å². The van der Waals surface area contributed by atoms with Gasteiger partial charge in [-0.25, -0.2) is 9.97 Å². The molecule has 1 N–H and O–H groups in total. The van der Waals surface area contributed by atoms with Gasteiger partial charge in [0, 0.05) is 11.5 Å². The number of nitrogens with one attached hydrogen (secondary N) is 1. The summed E-state index contributed by atoms with van der Waals surface area (Å²) in [4.78, 5) is 9.00. The van der Waals surface area contributed by atoms with E-state index in [1.165, 1.54) is 0 Å². The molecule has 0 saturated carbocycles. The van der Waals surface area contributed by atoms with Crippen molar-refractivity contribution in [3.05, 3.63) is 32.8 Å². The first kappa shape index (κ1) is 14.3. The Balaban J connectivity index is 2.65. The highest BCUT2D eigenvalue weighted by Crippen LogP contribution is 2.33. The number of aryl methyl sites for hydroxylation is 1. The monoisotopic (exact) mass is 385 g/mol. The van der Waals surface area contributed by atoms with Crippen molar-refractivity contribution in [2.75, 3.05) is 19.5 Å². The van der Waals surface area contributed by atoms with Crippen LogP contribution >= 0.6 is 31.9 Å². The zero-order valence-corrected chi connectivity index (χ0v) is 14.0. The summed E-state index contributed by atoms with van der Waals surface area (Å²) in [5.74, 6) is 2.12. The Morgan fingerprint density at radius 2 is 1.95 bits per heavy atom. The van der Waals surface area contributed by atoms with Crippen molar-refractivity contribution in [1.82, 2.24) is 9.97 Å². The molecule has 0 radical (unpaired) electrons. The predicted molar refractivity (Wildman–Crippen MR) is 83.7 cm³/mol. The maximum absolute atomic E-state index is 5.37. The van der Waals surface area contributed by atoms with E-state index in [-0.39, 0.29) is 0 Å². The van der Waals surface area contributed by atoms with Crippen LogP contribution in [0.15, 0.2) is 27.1 Å². The lowest BCUT2D eigenvalue weighted by molar-refractivity contribution is 0.416. The van der Waals surface area contributed by atoms with E-state index in [9.17, 15) is 0 Å². The highest BCUT2D eigenvalue weighted by molar-refractivity contribution is 9.11. The van der Waals surface area contributed by atoms with Crippen molar-refractivity contribution in [3.8, 4) is 17.1 Å².